The molecule has 2 aromatic carbocycles. The molecule has 2 heteroatoms. The number of nitrogens with one attached hydrogen (secondary N) is 1. The quantitative estimate of drug-likeness (QED) is 0.729. The zero-order valence-corrected chi connectivity index (χ0v) is 13.3. The number of hydrogen-bond donors (Lipinski definition) is 1. The summed E-state index contributed by atoms with van der Waals surface area (Å²) in [6.07, 6.45) is 1.14. The number of halogens is 1. The molecule has 0 amide bonds. The van der Waals surface area contributed by atoms with E-state index in [1.807, 2.05) is 19.1 Å². The van der Waals surface area contributed by atoms with Gasteiger partial charge in [0.25, 0.3) is 0 Å². The van der Waals surface area contributed by atoms with Crippen molar-refractivity contribution in [2.75, 3.05) is 5.32 Å². The Bertz CT molecular complexity index is 589. The highest BCUT2D eigenvalue weighted by molar-refractivity contribution is 5.47. The van der Waals surface area contributed by atoms with Gasteiger partial charge in [-0.1, -0.05) is 38.1 Å². The van der Waals surface area contributed by atoms with Gasteiger partial charge in [0, 0.05) is 11.7 Å². The molecule has 0 radical (unpaired) electrons. The Kier molecular flexibility index (Phi) is 5.00. The van der Waals surface area contributed by atoms with Crippen molar-refractivity contribution in [3.05, 3.63) is 65.0 Å². The van der Waals surface area contributed by atoms with Crippen LogP contribution in [-0.4, -0.2) is 0 Å². The summed E-state index contributed by atoms with van der Waals surface area (Å²) in [7, 11) is 0. The van der Waals surface area contributed by atoms with Gasteiger partial charge in [0.15, 0.2) is 0 Å². The Morgan fingerprint density at radius 2 is 1.62 bits per heavy atom. The molecule has 2 aromatic rings. The molecule has 112 valence electrons. The molecular formula is C19H24FN. The van der Waals surface area contributed by atoms with E-state index >= 15 is 0 Å². The van der Waals surface area contributed by atoms with E-state index in [4.69, 9.17) is 0 Å². The number of hydrogen-bond acceptors (Lipinski definition) is 1. The van der Waals surface area contributed by atoms with Crippen LogP contribution in [0.3, 0.4) is 0 Å². The molecule has 2 atom stereocenters. The fraction of sp³-hybridized carbons (Fsp3) is 0.368. The minimum atomic E-state index is -0.145. The van der Waals surface area contributed by atoms with Crippen molar-refractivity contribution in [2.45, 2.75) is 46.1 Å². The summed E-state index contributed by atoms with van der Waals surface area (Å²) in [5, 5.41) is 3.42. The highest BCUT2D eigenvalue weighted by atomic mass is 19.1. The van der Waals surface area contributed by atoms with Crippen molar-refractivity contribution in [1.29, 1.82) is 0 Å². The van der Waals surface area contributed by atoms with Crippen LogP contribution in [0.1, 0.15) is 55.8 Å². The maximum atomic E-state index is 13.6. The van der Waals surface area contributed by atoms with Crippen LogP contribution in [0.4, 0.5) is 10.1 Å². The van der Waals surface area contributed by atoms with E-state index in [2.05, 4.69) is 43.4 Å². The summed E-state index contributed by atoms with van der Waals surface area (Å²) in [5.74, 6) is 0.441. The molecule has 0 aliphatic heterocycles. The highest BCUT2D eigenvalue weighted by Crippen LogP contribution is 2.24. The highest BCUT2D eigenvalue weighted by Gasteiger charge is 2.08. The SMILES string of the molecule is CCC(C)c1ccc(NC(C)c2ccc(C)c(F)c2)cc1. The van der Waals surface area contributed by atoms with Gasteiger partial charge in [0.1, 0.15) is 5.82 Å². The van der Waals surface area contributed by atoms with Crippen LogP contribution in [0.2, 0.25) is 0 Å². The molecule has 0 heterocycles. The molecule has 1 N–H and O–H groups in total. The van der Waals surface area contributed by atoms with Crippen molar-refractivity contribution in [3.8, 4) is 0 Å². The molecule has 0 bridgehead atoms. The fourth-order valence-electron chi connectivity index (χ4n) is 2.36. The number of benzene rings is 2. The van der Waals surface area contributed by atoms with Gasteiger partial charge >= 0.3 is 0 Å². The van der Waals surface area contributed by atoms with E-state index in [0.717, 1.165) is 17.7 Å². The lowest BCUT2D eigenvalue weighted by atomic mass is 9.98. The molecule has 0 aromatic heterocycles. The first-order valence-corrected chi connectivity index (χ1v) is 7.63. The molecule has 2 rings (SSSR count). The molecule has 0 aliphatic carbocycles. The fourth-order valence-corrected chi connectivity index (χ4v) is 2.36. The average molecular weight is 285 g/mol. The summed E-state index contributed by atoms with van der Waals surface area (Å²) in [4.78, 5) is 0. The third-order valence-electron chi connectivity index (χ3n) is 4.17. The normalized spacial score (nSPS) is 13.8. The van der Waals surface area contributed by atoms with Gasteiger partial charge in [0.2, 0.25) is 0 Å². The summed E-state index contributed by atoms with van der Waals surface area (Å²) < 4.78 is 13.6. The molecular weight excluding hydrogens is 261 g/mol. The predicted molar refractivity (Wildman–Crippen MR) is 88.3 cm³/mol. The second kappa shape index (κ2) is 6.75. The van der Waals surface area contributed by atoms with Crippen LogP contribution in [0.25, 0.3) is 0 Å². The molecule has 0 saturated carbocycles. The number of anilines is 1. The minimum Gasteiger partial charge on any atom is -0.379 e. The van der Waals surface area contributed by atoms with Crippen LogP contribution < -0.4 is 5.32 Å². The van der Waals surface area contributed by atoms with E-state index in [1.165, 1.54) is 5.56 Å². The number of aryl methyl sites for hydroxylation is 1. The van der Waals surface area contributed by atoms with Crippen molar-refractivity contribution >= 4 is 5.69 Å². The Morgan fingerprint density at radius 3 is 2.19 bits per heavy atom. The Labute approximate surface area is 127 Å². The lowest BCUT2D eigenvalue weighted by Gasteiger charge is -2.17. The first-order valence-electron chi connectivity index (χ1n) is 7.63. The van der Waals surface area contributed by atoms with Crippen LogP contribution in [0.15, 0.2) is 42.5 Å². The maximum absolute atomic E-state index is 13.6. The van der Waals surface area contributed by atoms with Gasteiger partial charge in [-0.3, -0.25) is 0 Å². The lowest BCUT2D eigenvalue weighted by Crippen LogP contribution is -2.07. The Morgan fingerprint density at radius 1 is 1.00 bits per heavy atom. The van der Waals surface area contributed by atoms with E-state index in [9.17, 15) is 4.39 Å². The van der Waals surface area contributed by atoms with Gasteiger partial charge in [-0.15, -0.1) is 0 Å². The predicted octanol–water partition coefficient (Wildman–Crippen LogP) is 5.82. The van der Waals surface area contributed by atoms with Gasteiger partial charge in [-0.2, -0.15) is 0 Å². The molecule has 1 nitrogen and oxygen atoms in total. The van der Waals surface area contributed by atoms with Crippen LogP contribution >= 0.6 is 0 Å². The van der Waals surface area contributed by atoms with E-state index in [0.29, 0.717) is 11.5 Å². The van der Waals surface area contributed by atoms with Gasteiger partial charge < -0.3 is 5.32 Å². The first kappa shape index (κ1) is 15.6. The van der Waals surface area contributed by atoms with Crippen molar-refractivity contribution in [2.24, 2.45) is 0 Å². The van der Waals surface area contributed by atoms with Crippen LogP contribution in [-0.2, 0) is 0 Å². The topological polar surface area (TPSA) is 12.0 Å². The van der Waals surface area contributed by atoms with Gasteiger partial charge in [0.05, 0.1) is 0 Å². The molecule has 0 aliphatic rings. The lowest BCUT2D eigenvalue weighted by molar-refractivity contribution is 0.614. The van der Waals surface area contributed by atoms with Gasteiger partial charge in [-0.05, 0) is 61.1 Å². The summed E-state index contributed by atoms with van der Waals surface area (Å²) >= 11 is 0. The van der Waals surface area contributed by atoms with Crippen LogP contribution in [0.5, 0.6) is 0 Å². The summed E-state index contributed by atoms with van der Waals surface area (Å²) in [6.45, 7) is 8.27. The first-order chi connectivity index (χ1) is 10.0. The van der Waals surface area contributed by atoms with E-state index in [1.54, 1.807) is 13.0 Å². The second-order valence-corrected chi connectivity index (χ2v) is 5.81. The third-order valence-corrected chi connectivity index (χ3v) is 4.17. The van der Waals surface area contributed by atoms with Crippen molar-refractivity contribution in [1.82, 2.24) is 0 Å². The summed E-state index contributed by atoms with van der Waals surface area (Å²) in [5.41, 5.74) is 4.07. The Hall–Kier alpha value is -1.83. The Balaban J connectivity index is 2.08. The average Bonchev–Trinajstić information content (AvgIpc) is 2.50. The van der Waals surface area contributed by atoms with E-state index < -0.39 is 0 Å². The zero-order valence-electron chi connectivity index (χ0n) is 13.3. The molecule has 21 heavy (non-hydrogen) atoms. The smallest absolute Gasteiger partial charge is 0.126 e. The number of rotatable bonds is 5. The zero-order chi connectivity index (χ0) is 15.4. The standard InChI is InChI=1S/C19H24FN/c1-5-13(2)16-8-10-18(11-9-16)21-15(4)17-7-6-14(3)19(20)12-17/h6-13,15,21H,5H2,1-4H3. The second-order valence-electron chi connectivity index (χ2n) is 5.81. The molecule has 2 unspecified atom stereocenters. The maximum Gasteiger partial charge on any atom is 0.126 e. The molecule has 0 spiro atoms. The van der Waals surface area contributed by atoms with Gasteiger partial charge in [-0.25, -0.2) is 4.39 Å². The van der Waals surface area contributed by atoms with Crippen molar-refractivity contribution in [3.63, 3.8) is 0 Å². The van der Waals surface area contributed by atoms with Crippen molar-refractivity contribution < 1.29 is 4.39 Å². The largest absolute Gasteiger partial charge is 0.379 e. The molecule has 0 saturated heterocycles. The molecule has 0 fully saturated rings. The monoisotopic (exact) mass is 285 g/mol. The third kappa shape index (κ3) is 3.84. The minimum absolute atomic E-state index is 0.0783. The van der Waals surface area contributed by atoms with Crippen LogP contribution in [0, 0.1) is 12.7 Å². The summed E-state index contributed by atoms with van der Waals surface area (Å²) in [6, 6.07) is 14.0. The van der Waals surface area contributed by atoms with E-state index in [-0.39, 0.29) is 11.9 Å².